The fourth-order valence-electron chi connectivity index (χ4n) is 3.15. The molecule has 0 fully saturated rings. The third-order valence-electron chi connectivity index (χ3n) is 4.69. The molecule has 2 aromatic heterocycles. The molecule has 4 aromatic rings. The lowest BCUT2D eigenvalue weighted by Gasteiger charge is -2.14. The molecule has 0 atom stereocenters. The quantitative estimate of drug-likeness (QED) is 0.322. The van der Waals surface area contributed by atoms with Gasteiger partial charge in [0.25, 0.3) is 5.56 Å². The summed E-state index contributed by atoms with van der Waals surface area (Å²) in [5.74, 6) is -0.577. The number of rotatable bonds is 5. The lowest BCUT2D eigenvalue weighted by molar-refractivity contribution is -0.613. The third-order valence-corrected chi connectivity index (χ3v) is 4.98. The first-order valence-corrected chi connectivity index (χ1v) is 9.57. The Kier molecular flexibility index (Phi) is 5.43. The van der Waals surface area contributed by atoms with Gasteiger partial charge in [-0.25, -0.2) is 4.39 Å². The van der Waals surface area contributed by atoms with Gasteiger partial charge in [-0.05, 0) is 42.5 Å². The van der Waals surface area contributed by atoms with Gasteiger partial charge in [0.05, 0.1) is 16.2 Å². The lowest BCUT2D eigenvalue weighted by atomic mass is 10.1. The smallest absolute Gasteiger partial charge is 0.268 e. The molecule has 0 saturated carbocycles. The van der Waals surface area contributed by atoms with E-state index in [1.807, 2.05) is 6.07 Å². The van der Waals surface area contributed by atoms with Crippen LogP contribution in [0, 0.1) is 22.4 Å². The molecule has 0 aliphatic rings. The van der Waals surface area contributed by atoms with Gasteiger partial charge in [-0.1, -0.05) is 11.6 Å². The molecule has 3 N–H and O–H groups in total. The van der Waals surface area contributed by atoms with Gasteiger partial charge in [-0.2, -0.15) is 9.99 Å². The van der Waals surface area contributed by atoms with Crippen LogP contribution in [0.15, 0.2) is 65.6 Å². The van der Waals surface area contributed by atoms with E-state index in [-0.39, 0.29) is 22.8 Å². The number of H-pyrrole nitrogens is 1. The number of benzene rings is 2. The summed E-state index contributed by atoms with van der Waals surface area (Å²) in [6.07, 6.45) is 1.41. The summed E-state index contributed by atoms with van der Waals surface area (Å²) < 4.78 is 14.3. The topological polar surface area (TPSA) is 108 Å². The number of aromatic nitrogens is 2. The molecule has 0 saturated heterocycles. The summed E-state index contributed by atoms with van der Waals surface area (Å²) >= 11 is 5.86. The highest BCUT2D eigenvalue weighted by Crippen LogP contribution is 2.30. The average Bonchev–Trinajstić information content (AvgIpc) is 2.76. The van der Waals surface area contributed by atoms with Crippen molar-refractivity contribution < 1.29 is 9.12 Å². The molecular formula is C22H15ClFN5O2. The van der Waals surface area contributed by atoms with Crippen molar-refractivity contribution in [3.05, 3.63) is 98.5 Å². The van der Waals surface area contributed by atoms with Gasteiger partial charge in [0.15, 0.2) is 6.20 Å². The molecule has 154 valence electrons. The van der Waals surface area contributed by atoms with E-state index in [9.17, 15) is 19.7 Å². The van der Waals surface area contributed by atoms with Crippen molar-refractivity contribution in [1.82, 2.24) is 4.98 Å². The molecule has 0 bridgehead atoms. The van der Waals surface area contributed by atoms with Crippen LogP contribution in [-0.2, 0) is 6.54 Å². The van der Waals surface area contributed by atoms with E-state index in [2.05, 4.69) is 15.6 Å². The predicted octanol–water partition coefficient (Wildman–Crippen LogP) is 4.18. The van der Waals surface area contributed by atoms with E-state index in [4.69, 9.17) is 11.6 Å². The molecule has 9 heteroatoms. The minimum absolute atomic E-state index is 0.0891. The van der Waals surface area contributed by atoms with Crippen molar-refractivity contribution in [2.24, 2.45) is 0 Å². The highest BCUT2D eigenvalue weighted by molar-refractivity contribution is 6.31. The highest BCUT2D eigenvalue weighted by Gasteiger charge is 2.14. The van der Waals surface area contributed by atoms with Crippen molar-refractivity contribution in [3.8, 4) is 6.07 Å². The fourth-order valence-corrected chi connectivity index (χ4v) is 3.33. The Balaban J connectivity index is 1.76. The minimum atomic E-state index is -0.577. The van der Waals surface area contributed by atoms with E-state index in [1.54, 1.807) is 36.4 Å². The zero-order chi connectivity index (χ0) is 22.0. The maximum absolute atomic E-state index is 13.5. The van der Waals surface area contributed by atoms with E-state index in [0.717, 1.165) is 4.73 Å². The number of hydrogen-bond donors (Lipinski definition) is 3. The van der Waals surface area contributed by atoms with Crippen LogP contribution in [0.25, 0.3) is 10.9 Å². The molecule has 31 heavy (non-hydrogen) atoms. The fraction of sp³-hybridized carbons (Fsp3) is 0.0455. The number of halogens is 2. The van der Waals surface area contributed by atoms with Crippen LogP contribution in [-0.4, -0.2) is 4.98 Å². The second-order valence-electron chi connectivity index (χ2n) is 6.70. The molecule has 2 aromatic carbocycles. The highest BCUT2D eigenvalue weighted by atomic mass is 35.5. The number of nitrogens with zero attached hydrogens (tertiary/aromatic N) is 2. The zero-order valence-electron chi connectivity index (χ0n) is 15.9. The number of aromatic amines is 1. The zero-order valence-corrected chi connectivity index (χ0v) is 16.7. The molecule has 0 aliphatic carbocycles. The number of nitrogens with one attached hydrogen (secondary N) is 3. The maximum atomic E-state index is 13.5. The van der Waals surface area contributed by atoms with Crippen LogP contribution in [0.2, 0.25) is 5.02 Å². The molecule has 0 spiro atoms. The van der Waals surface area contributed by atoms with Crippen molar-refractivity contribution >= 4 is 39.6 Å². The molecule has 2 heterocycles. The number of fused-ring (bicyclic) bond motifs is 1. The van der Waals surface area contributed by atoms with Crippen LogP contribution in [0.4, 0.5) is 21.5 Å². The Hall–Kier alpha value is -4.09. The summed E-state index contributed by atoms with van der Waals surface area (Å²) in [6.45, 7) is 0.278. The van der Waals surface area contributed by atoms with Gasteiger partial charge in [-0.3, -0.25) is 4.79 Å². The first kappa shape index (κ1) is 20.2. The van der Waals surface area contributed by atoms with Crippen LogP contribution in [0.5, 0.6) is 0 Å². The third kappa shape index (κ3) is 4.13. The van der Waals surface area contributed by atoms with Gasteiger partial charge in [0.1, 0.15) is 24.0 Å². The minimum Gasteiger partial charge on any atom is -0.618 e. The summed E-state index contributed by atoms with van der Waals surface area (Å²) in [5.41, 5.74) is 1.72. The molecular weight excluding hydrogens is 421 g/mol. The van der Waals surface area contributed by atoms with E-state index < -0.39 is 11.4 Å². The van der Waals surface area contributed by atoms with Crippen molar-refractivity contribution in [3.63, 3.8) is 0 Å². The van der Waals surface area contributed by atoms with Crippen LogP contribution in [0.1, 0.15) is 11.3 Å². The lowest BCUT2D eigenvalue weighted by Crippen LogP contribution is -2.32. The molecule has 0 radical (unpaired) electrons. The SMILES string of the molecule is N#Cc1c(Nc2ccc(F)c(Cl)c2)c2cc(NCc3cccc[n+]3[O-])ccc2[nH]c1=O. The van der Waals surface area contributed by atoms with E-state index in [1.165, 1.54) is 24.4 Å². The molecule has 0 unspecified atom stereocenters. The maximum Gasteiger partial charge on any atom is 0.268 e. The van der Waals surface area contributed by atoms with Gasteiger partial charge in [-0.15, -0.1) is 0 Å². The van der Waals surface area contributed by atoms with E-state index >= 15 is 0 Å². The average molecular weight is 436 g/mol. The van der Waals surface area contributed by atoms with Crippen molar-refractivity contribution in [2.45, 2.75) is 6.54 Å². The molecule has 4 rings (SSSR count). The second-order valence-corrected chi connectivity index (χ2v) is 7.11. The van der Waals surface area contributed by atoms with Gasteiger partial charge in [0.2, 0.25) is 5.69 Å². The first-order chi connectivity index (χ1) is 15.0. The Morgan fingerprint density at radius 3 is 2.71 bits per heavy atom. The van der Waals surface area contributed by atoms with Crippen LogP contribution in [0.3, 0.4) is 0 Å². The number of hydrogen-bond acceptors (Lipinski definition) is 5. The van der Waals surface area contributed by atoms with Crippen molar-refractivity contribution in [1.29, 1.82) is 5.26 Å². The number of pyridine rings is 2. The Morgan fingerprint density at radius 2 is 1.97 bits per heavy atom. The van der Waals surface area contributed by atoms with Gasteiger partial charge < -0.3 is 20.8 Å². The predicted molar refractivity (Wildman–Crippen MR) is 117 cm³/mol. The monoisotopic (exact) mass is 435 g/mol. The molecule has 7 nitrogen and oxygen atoms in total. The second kappa shape index (κ2) is 8.34. The first-order valence-electron chi connectivity index (χ1n) is 9.19. The largest absolute Gasteiger partial charge is 0.618 e. The summed E-state index contributed by atoms with van der Waals surface area (Å²) in [5, 5.41) is 28.0. The Morgan fingerprint density at radius 1 is 1.16 bits per heavy atom. The standard InChI is InChI=1S/C22H15ClFN5O2/c23-18-10-14(4-6-19(18)24)27-21-16-9-13(26-12-15-3-1-2-8-29(15)31)5-7-20(16)28-22(30)17(21)11-25/h1-10,26H,12H2,(H2,27,28,30). The summed E-state index contributed by atoms with van der Waals surface area (Å²) in [6, 6.07) is 16.2. The Bertz CT molecular complexity index is 1400. The summed E-state index contributed by atoms with van der Waals surface area (Å²) in [7, 11) is 0. The normalized spacial score (nSPS) is 10.6. The molecule has 0 amide bonds. The number of nitriles is 1. The van der Waals surface area contributed by atoms with E-state index in [0.29, 0.717) is 28.0 Å². The molecule has 0 aliphatic heterocycles. The summed E-state index contributed by atoms with van der Waals surface area (Å²) in [4.78, 5) is 15.1. The van der Waals surface area contributed by atoms with Crippen molar-refractivity contribution in [2.75, 3.05) is 10.6 Å². The number of anilines is 3. The van der Waals surface area contributed by atoms with Crippen LogP contribution < -0.4 is 20.9 Å². The van der Waals surface area contributed by atoms with Crippen LogP contribution >= 0.6 is 11.6 Å². The van der Waals surface area contributed by atoms with Gasteiger partial charge >= 0.3 is 0 Å². The van der Waals surface area contributed by atoms with Gasteiger partial charge in [0, 0.05) is 28.9 Å². The Labute approximate surface area is 180 Å².